The molecule has 1 aliphatic carbocycles. The Kier molecular flexibility index (Phi) is 10.7. The summed E-state index contributed by atoms with van der Waals surface area (Å²) in [5, 5.41) is 3.46. The molecule has 1 N–H and O–H groups in total. The van der Waals surface area contributed by atoms with Gasteiger partial charge in [0.05, 0.1) is 0 Å². The van der Waals surface area contributed by atoms with Crippen molar-refractivity contribution in [3.05, 3.63) is 0 Å². The molecule has 0 aliphatic heterocycles. The number of aliphatic imine (C=N–C) groups is 1. The molecule has 19 heavy (non-hydrogen) atoms. The van der Waals surface area contributed by atoms with Gasteiger partial charge in [-0.15, -0.1) is 24.0 Å². The Hall–Kier alpha value is -0.0400. The van der Waals surface area contributed by atoms with Gasteiger partial charge in [0.15, 0.2) is 5.96 Å². The molecule has 1 fully saturated rings. The maximum absolute atomic E-state index is 4.34. The number of unbranched alkanes of at least 4 members (excludes halogenated alkanes) is 1. The third kappa shape index (κ3) is 7.34. The molecule has 0 heterocycles. The van der Waals surface area contributed by atoms with Crippen molar-refractivity contribution in [1.82, 2.24) is 15.1 Å². The standard InChI is InChI=1S/C14H30N4.HI/c1-5-7-11-17(4)14(15-3)16-10-12-18(6-2)13-8-9-13;/h13H,5-12H2,1-4H3,(H,15,16);1H. The fourth-order valence-electron chi connectivity index (χ4n) is 2.24. The van der Waals surface area contributed by atoms with Gasteiger partial charge in [0, 0.05) is 39.8 Å². The Morgan fingerprint density at radius 3 is 2.42 bits per heavy atom. The molecular weight excluding hydrogens is 351 g/mol. The summed E-state index contributed by atoms with van der Waals surface area (Å²) in [7, 11) is 3.98. The molecule has 1 saturated carbocycles. The Labute approximate surface area is 136 Å². The van der Waals surface area contributed by atoms with Gasteiger partial charge in [-0.2, -0.15) is 0 Å². The zero-order valence-electron chi connectivity index (χ0n) is 13.0. The second-order valence-electron chi connectivity index (χ2n) is 5.11. The first-order chi connectivity index (χ1) is 8.72. The van der Waals surface area contributed by atoms with Gasteiger partial charge in [-0.05, 0) is 25.8 Å². The van der Waals surface area contributed by atoms with E-state index in [0.717, 1.165) is 38.2 Å². The molecule has 0 bridgehead atoms. The van der Waals surface area contributed by atoms with E-state index in [1.54, 1.807) is 0 Å². The highest BCUT2D eigenvalue weighted by molar-refractivity contribution is 14.0. The summed E-state index contributed by atoms with van der Waals surface area (Å²) in [6.45, 7) is 8.83. The van der Waals surface area contributed by atoms with Crippen molar-refractivity contribution in [2.75, 3.05) is 40.3 Å². The predicted molar refractivity (Wildman–Crippen MR) is 94.6 cm³/mol. The van der Waals surface area contributed by atoms with E-state index in [0.29, 0.717) is 0 Å². The van der Waals surface area contributed by atoms with Crippen LogP contribution in [-0.2, 0) is 0 Å². The van der Waals surface area contributed by atoms with Gasteiger partial charge in [-0.3, -0.25) is 9.89 Å². The molecule has 0 atom stereocenters. The van der Waals surface area contributed by atoms with Gasteiger partial charge in [0.2, 0.25) is 0 Å². The lowest BCUT2D eigenvalue weighted by atomic mass is 10.3. The summed E-state index contributed by atoms with van der Waals surface area (Å²) in [5.41, 5.74) is 0. The van der Waals surface area contributed by atoms with E-state index in [-0.39, 0.29) is 24.0 Å². The Balaban J connectivity index is 0.00000324. The third-order valence-corrected chi connectivity index (χ3v) is 3.57. The number of guanidine groups is 1. The van der Waals surface area contributed by atoms with Gasteiger partial charge in [0.25, 0.3) is 0 Å². The summed E-state index contributed by atoms with van der Waals surface area (Å²) in [6, 6.07) is 0.858. The molecule has 4 nitrogen and oxygen atoms in total. The molecule has 0 spiro atoms. The van der Waals surface area contributed by atoms with Crippen molar-refractivity contribution in [1.29, 1.82) is 0 Å². The highest BCUT2D eigenvalue weighted by Crippen LogP contribution is 2.25. The summed E-state index contributed by atoms with van der Waals surface area (Å²) in [6.07, 6.45) is 5.23. The minimum absolute atomic E-state index is 0. The van der Waals surface area contributed by atoms with Crippen LogP contribution in [0, 0.1) is 0 Å². The SMILES string of the molecule is CCCCN(C)C(=NC)NCCN(CC)C1CC1.I. The molecular formula is C14H31IN4. The molecule has 1 rings (SSSR count). The Bertz CT molecular complexity index is 254. The minimum atomic E-state index is 0. The predicted octanol–water partition coefficient (Wildman–Crippen LogP) is 2.40. The van der Waals surface area contributed by atoms with Gasteiger partial charge >= 0.3 is 0 Å². The maximum atomic E-state index is 4.34. The van der Waals surface area contributed by atoms with Crippen molar-refractivity contribution in [3.63, 3.8) is 0 Å². The van der Waals surface area contributed by atoms with E-state index in [1.165, 1.54) is 25.7 Å². The molecule has 0 aromatic heterocycles. The highest BCUT2D eigenvalue weighted by Gasteiger charge is 2.27. The van der Waals surface area contributed by atoms with E-state index in [2.05, 4.69) is 41.0 Å². The molecule has 0 amide bonds. The van der Waals surface area contributed by atoms with Crippen molar-refractivity contribution in [2.24, 2.45) is 4.99 Å². The molecule has 0 aromatic rings. The first-order valence-corrected chi connectivity index (χ1v) is 7.38. The highest BCUT2D eigenvalue weighted by atomic mass is 127. The molecule has 0 unspecified atom stereocenters. The first-order valence-electron chi connectivity index (χ1n) is 7.38. The van der Waals surface area contributed by atoms with Crippen LogP contribution in [0.4, 0.5) is 0 Å². The number of hydrogen-bond acceptors (Lipinski definition) is 2. The fraction of sp³-hybridized carbons (Fsp3) is 0.929. The molecule has 5 heteroatoms. The van der Waals surface area contributed by atoms with Crippen molar-refractivity contribution in [2.45, 2.75) is 45.6 Å². The maximum Gasteiger partial charge on any atom is 0.193 e. The van der Waals surface area contributed by atoms with E-state index >= 15 is 0 Å². The summed E-state index contributed by atoms with van der Waals surface area (Å²) >= 11 is 0. The van der Waals surface area contributed by atoms with Crippen LogP contribution < -0.4 is 5.32 Å². The van der Waals surface area contributed by atoms with Crippen LogP contribution in [0.3, 0.4) is 0 Å². The van der Waals surface area contributed by atoms with Gasteiger partial charge < -0.3 is 10.2 Å². The van der Waals surface area contributed by atoms with Crippen LogP contribution in [0.1, 0.15) is 39.5 Å². The Morgan fingerprint density at radius 1 is 1.26 bits per heavy atom. The van der Waals surface area contributed by atoms with E-state index < -0.39 is 0 Å². The third-order valence-electron chi connectivity index (χ3n) is 3.57. The summed E-state index contributed by atoms with van der Waals surface area (Å²) < 4.78 is 0. The average Bonchev–Trinajstić information content (AvgIpc) is 3.20. The monoisotopic (exact) mass is 382 g/mol. The Morgan fingerprint density at radius 2 is 1.95 bits per heavy atom. The molecule has 1 aliphatic rings. The average molecular weight is 382 g/mol. The van der Waals surface area contributed by atoms with E-state index in [1.807, 2.05) is 7.05 Å². The van der Waals surface area contributed by atoms with Crippen LogP contribution >= 0.6 is 24.0 Å². The van der Waals surface area contributed by atoms with Crippen LogP contribution in [-0.4, -0.2) is 62.1 Å². The van der Waals surface area contributed by atoms with Gasteiger partial charge in [-0.25, -0.2) is 0 Å². The number of rotatable bonds is 8. The molecule has 0 radical (unpaired) electrons. The topological polar surface area (TPSA) is 30.9 Å². The van der Waals surface area contributed by atoms with Crippen molar-refractivity contribution < 1.29 is 0 Å². The molecule has 114 valence electrons. The quantitative estimate of drug-likeness (QED) is 0.397. The smallest absolute Gasteiger partial charge is 0.193 e. The molecule has 0 saturated heterocycles. The normalized spacial score (nSPS) is 15.3. The second-order valence-corrected chi connectivity index (χ2v) is 5.11. The fourth-order valence-corrected chi connectivity index (χ4v) is 2.24. The van der Waals surface area contributed by atoms with Crippen molar-refractivity contribution >= 4 is 29.9 Å². The summed E-state index contributed by atoms with van der Waals surface area (Å²) in [4.78, 5) is 9.12. The van der Waals surface area contributed by atoms with E-state index in [9.17, 15) is 0 Å². The number of nitrogens with zero attached hydrogens (tertiary/aromatic N) is 3. The van der Waals surface area contributed by atoms with Crippen LogP contribution in [0.15, 0.2) is 4.99 Å². The summed E-state index contributed by atoms with van der Waals surface area (Å²) in [5.74, 6) is 1.02. The number of halogens is 1. The number of nitrogens with one attached hydrogen (secondary N) is 1. The number of likely N-dealkylation sites (N-methyl/N-ethyl adjacent to an activating group) is 1. The number of hydrogen-bond donors (Lipinski definition) is 1. The second kappa shape index (κ2) is 10.7. The zero-order valence-corrected chi connectivity index (χ0v) is 15.3. The van der Waals surface area contributed by atoms with Crippen LogP contribution in [0.2, 0.25) is 0 Å². The van der Waals surface area contributed by atoms with Gasteiger partial charge in [0.1, 0.15) is 0 Å². The zero-order chi connectivity index (χ0) is 13.4. The lowest BCUT2D eigenvalue weighted by Crippen LogP contribution is -2.43. The van der Waals surface area contributed by atoms with Gasteiger partial charge in [-0.1, -0.05) is 20.3 Å². The minimum Gasteiger partial charge on any atom is -0.355 e. The largest absolute Gasteiger partial charge is 0.355 e. The van der Waals surface area contributed by atoms with Crippen molar-refractivity contribution in [3.8, 4) is 0 Å². The molecule has 0 aromatic carbocycles. The van der Waals surface area contributed by atoms with Crippen LogP contribution in [0.25, 0.3) is 0 Å². The van der Waals surface area contributed by atoms with Crippen LogP contribution in [0.5, 0.6) is 0 Å². The lowest BCUT2D eigenvalue weighted by molar-refractivity contribution is 0.280. The lowest BCUT2D eigenvalue weighted by Gasteiger charge is -2.24. The van der Waals surface area contributed by atoms with E-state index in [4.69, 9.17) is 0 Å². The first kappa shape index (κ1) is 19.0.